The second-order valence-corrected chi connectivity index (χ2v) is 13.5. The first-order chi connectivity index (χ1) is 21.9. The Bertz CT molecular complexity index is 2130. The average molecular weight is 722 g/mol. The molecule has 0 bridgehead atoms. The Morgan fingerprint density at radius 3 is 1.91 bits per heavy atom. The number of aryl methyl sites for hydroxylation is 2. The molecule has 2 radical (unpaired) electrons. The van der Waals surface area contributed by atoms with Crippen LogP contribution in [0.2, 0.25) is 0 Å². The zero-order chi connectivity index (χ0) is 31.7. The molecule has 6 aromatic rings. The van der Waals surface area contributed by atoms with Crippen LogP contribution in [0.15, 0.2) is 131 Å². The third-order valence-electron chi connectivity index (χ3n) is 8.82. The fourth-order valence-electron chi connectivity index (χ4n) is 6.62. The predicted octanol–water partition coefficient (Wildman–Crippen LogP) is 12.5. The van der Waals surface area contributed by atoms with E-state index in [0.717, 1.165) is 0 Å². The quantitative estimate of drug-likeness (QED) is 0.129. The van der Waals surface area contributed by atoms with E-state index < -0.39 is 0 Å². The molecule has 2 aliphatic rings. The normalized spacial score (nSPS) is 14.8. The average Bonchev–Trinajstić information content (AvgIpc) is 3.74. The second-order valence-electron chi connectivity index (χ2n) is 12.1. The van der Waals surface area contributed by atoms with Gasteiger partial charge >= 0.3 is 30.2 Å². The van der Waals surface area contributed by atoms with Crippen LogP contribution >= 0.6 is 11.8 Å². The molecule has 0 saturated carbocycles. The summed E-state index contributed by atoms with van der Waals surface area (Å²) in [5, 5.41) is 8.52. The molecule has 47 heavy (non-hydrogen) atoms. The molecule has 0 saturated heterocycles. The summed E-state index contributed by atoms with van der Waals surface area (Å²) >= 11 is 3.30. The van der Waals surface area contributed by atoms with Gasteiger partial charge in [-0.1, -0.05) is 130 Å². The van der Waals surface area contributed by atoms with E-state index in [1.54, 1.807) is 0 Å². The van der Waals surface area contributed by atoms with Crippen LogP contribution in [-0.4, -0.2) is 12.1 Å². The van der Waals surface area contributed by atoms with E-state index >= 15 is 0 Å². The van der Waals surface area contributed by atoms with Crippen LogP contribution < -0.4 is 0 Å². The molecule has 0 fully saturated rings. The van der Waals surface area contributed by atoms with E-state index in [-0.39, 0.29) is 14.9 Å². The maximum absolute atomic E-state index is 3.61. The number of benzene rings is 5. The van der Waals surface area contributed by atoms with Gasteiger partial charge in [0.25, 0.3) is 0 Å². The summed E-state index contributed by atoms with van der Waals surface area (Å²) in [5.41, 5.74) is 10.9. The Labute approximate surface area is 303 Å². The predicted molar refractivity (Wildman–Crippen MR) is 208 cm³/mol. The van der Waals surface area contributed by atoms with Crippen molar-refractivity contribution in [3.05, 3.63) is 169 Å². The first-order valence-electron chi connectivity index (χ1n) is 15.5. The summed E-state index contributed by atoms with van der Waals surface area (Å²) in [6.45, 7) is 14.2. The van der Waals surface area contributed by atoms with Crippen molar-refractivity contribution in [3.63, 3.8) is 0 Å². The Morgan fingerprint density at radius 1 is 0.723 bits per heavy atom. The Balaban J connectivity index is 0.000000195. The topological polar surface area (TPSA) is 0 Å². The molecule has 1 atom stereocenters. The molecule has 0 amide bonds. The van der Waals surface area contributed by atoms with Gasteiger partial charge in [0.15, 0.2) is 0 Å². The van der Waals surface area contributed by atoms with E-state index in [0.29, 0.717) is 11.2 Å². The number of hydrogen-bond acceptors (Lipinski definition) is 1. The van der Waals surface area contributed by atoms with Crippen molar-refractivity contribution in [1.82, 2.24) is 0 Å². The summed E-state index contributed by atoms with van der Waals surface area (Å²) in [4.78, 5) is 1.33. The number of thioether (sulfide) groups is 1. The van der Waals surface area contributed by atoms with Crippen molar-refractivity contribution in [1.29, 1.82) is 0 Å². The molecule has 3 heteroatoms. The molecule has 1 unspecified atom stereocenters. The minimum absolute atomic E-state index is 0. The zero-order valence-corrected chi connectivity index (χ0v) is 32.8. The fraction of sp³-hybridized carbons (Fsp3) is 0.159. The number of fused-ring (bicyclic) bond motifs is 4. The van der Waals surface area contributed by atoms with Gasteiger partial charge in [-0.05, 0) is 45.5 Å². The van der Waals surface area contributed by atoms with Crippen LogP contribution in [0.5, 0.6) is 0 Å². The van der Waals surface area contributed by atoms with Crippen LogP contribution in [-0.2, 0) is 23.3 Å². The zero-order valence-electron chi connectivity index (χ0n) is 28.5. The van der Waals surface area contributed by atoms with Crippen molar-refractivity contribution in [2.45, 2.75) is 39.9 Å². The Kier molecular flexibility index (Phi) is 12.4. The molecule has 0 N–H and O–H groups in total. The number of allylic oxidation sites excluding steroid dienone is 4. The molecule has 6 aromatic carbocycles. The molecule has 0 spiro atoms. The SMILES string of the molecule is CC(C)C1=CC2=C(c3cccc4ccccc34)C(C)SC2=[C-]1.Cc1cc2c(-c3cccc4ccccc34)ccc(C)c2[cH-]1.[CH3-].[CH3-].[Si]=[Zr]. The van der Waals surface area contributed by atoms with Crippen LogP contribution in [0.1, 0.15) is 37.5 Å². The summed E-state index contributed by atoms with van der Waals surface area (Å²) in [6.07, 6.45) is 5.97. The van der Waals surface area contributed by atoms with Crippen LogP contribution in [0, 0.1) is 40.7 Å². The molecule has 1 aliphatic carbocycles. The van der Waals surface area contributed by atoms with Crippen LogP contribution in [0.25, 0.3) is 49.0 Å². The molecular formula is C44H42SSiZr-4. The van der Waals surface area contributed by atoms with E-state index in [1.165, 1.54) is 105 Å². The van der Waals surface area contributed by atoms with Gasteiger partial charge in [-0.15, -0.1) is 50.7 Å². The monoisotopic (exact) mass is 720 g/mol. The molecule has 8 rings (SSSR count). The van der Waals surface area contributed by atoms with Gasteiger partial charge in [-0.25, -0.2) is 6.08 Å². The van der Waals surface area contributed by atoms with Crippen molar-refractivity contribution in [3.8, 4) is 11.1 Å². The molecule has 1 heterocycles. The fourth-order valence-corrected chi connectivity index (χ4v) is 7.82. The minimum atomic E-state index is 0. The first-order valence-corrected chi connectivity index (χ1v) is 20.6. The van der Waals surface area contributed by atoms with Gasteiger partial charge in [0, 0.05) is 5.25 Å². The van der Waals surface area contributed by atoms with Gasteiger partial charge in [-0.3, -0.25) is 0 Å². The van der Waals surface area contributed by atoms with Crippen LogP contribution in [0.3, 0.4) is 0 Å². The number of hydrogen-bond donors (Lipinski definition) is 0. The van der Waals surface area contributed by atoms with Crippen molar-refractivity contribution in [2.75, 3.05) is 0 Å². The van der Waals surface area contributed by atoms with E-state index in [1.807, 2.05) is 11.8 Å². The Hall–Kier alpha value is -3.10. The van der Waals surface area contributed by atoms with Crippen LogP contribution in [0.4, 0.5) is 0 Å². The third kappa shape index (κ3) is 7.19. The molecular weight excluding hydrogens is 680 g/mol. The van der Waals surface area contributed by atoms with Gasteiger partial charge in [0.05, 0.1) is 0 Å². The van der Waals surface area contributed by atoms with E-state index in [2.05, 4.69) is 163 Å². The van der Waals surface area contributed by atoms with Gasteiger partial charge in [0.1, 0.15) is 0 Å². The molecule has 0 aromatic heterocycles. The number of rotatable bonds is 3. The molecule has 236 valence electrons. The summed E-state index contributed by atoms with van der Waals surface area (Å²) in [6, 6.07) is 39.6. The van der Waals surface area contributed by atoms with E-state index in [9.17, 15) is 0 Å². The van der Waals surface area contributed by atoms with Crippen molar-refractivity contribution < 1.29 is 23.3 Å². The summed E-state index contributed by atoms with van der Waals surface area (Å²) in [5.74, 6) is 0.537. The van der Waals surface area contributed by atoms with Gasteiger partial charge < -0.3 is 14.9 Å². The molecule has 0 nitrogen and oxygen atoms in total. The standard InChI is InChI=1S/C21H19S.C21H17.2CH3.Si.Zr/c1-13(2)16-11-19-20(12-16)22-14(3)21(19)18-10-6-8-15-7-4-5-9-17(15)18;1-14-12-20-15(2)10-11-19(21(20)13-14)18-9-5-7-16-6-3-4-8-17(16)18;;;;/h4-11,13-14H,1-3H3;3-13H,1-2H3;2*1H3;;/q4*-1;;. The summed E-state index contributed by atoms with van der Waals surface area (Å²) in [7, 11) is 0. The first kappa shape index (κ1) is 36.7. The van der Waals surface area contributed by atoms with Crippen molar-refractivity contribution >= 4 is 56.5 Å². The maximum atomic E-state index is 3.61. The van der Waals surface area contributed by atoms with Gasteiger partial charge in [0.2, 0.25) is 0 Å². The summed E-state index contributed by atoms with van der Waals surface area (Å²) < 4.78 is 0. The van der Waals surface area contributed by atoms with Gasteiger partial charge in [-0.2, -0.15) is 23.3 Å². The third-order valence-corrected chi connectivity index (χ3v) is 9.97. The van der Waals surface area contributed by atoms with E-state index in [4.69, 9.17) is 0 Å². The Morgan fingerprint density at radius 2 is 1.28 bits per heavy atom. The molecule has 1 aliphatic heterocycles. The van der Waals surface area contributed by atoms with Crippen molar-refractivity contribution in [2.24, 2.45) is 5.92 Å². The second kappa shape index (κ2) is 15.9.